The number of rotatable bonds is 5. The van der Waals surface area contributed by atoms with Gasteiger partial charge in [-0.15, -0.1) is 0 Å². The van der Waals surface area contributed by atoms with E-state index in [0.29, 0.717) is 13.0 Å². The van der Waals surface area contributed by atoms with Gasteiger partial charge in [0.25, 0.3) is 0 Å². The molecule has 2 aromatic rings. The molecule has 0 aliphatic rings. The van der Waals surface area contributed by atoms with Crippen LogP contribution in [0, 0.1) is 10.1 Å². The van der Waals surface area contributed by atoms with E-state index >= 15 is 0 Å². The van der Waals surface area contributed by atoms with Crippen molar-refractivity contribution in [3.8, 4) is 0 Å². The zero-order chi connectivity index (χ0) is 13.8. The highest BCUT2D eigenvalue weighted by atomic mass is 35.5. The fourth-order valence-electron chi connectivity index (χ4n) is 1.54. The maximum atomic E-state index is 10.8. The summed E-state index contributed by atoms with van der Waals surface area (Å²) < 4.78 is 1.69. The standard InChI is InChI=1S/C10H11ClN6O2/c1-16-6-7(4-14-16)2-3-12-9-8(17(18)19)5-13-10(11)15-9/h4-6H,2-3H2,1H3,(H,12,13,15). The minimum atomic E-state index is -0.553. The summed E-state index contributed by atoms with van der Waals surface area (Å²) in [6.07, 6.45) is 5.38. The summed E-state index contributed by atoms with van der Waals surface area (Å²) in [7, 11) is 1.83. The lowest BCUT2D eigenvalue weighted by Crippen LogP contribution is -2.09. The van der Waals surface area contributed by atoms with E-state index in [2.05, 4.69) is 20.4 Å². The molecule has 2 aromatic heterocycles. The molecule has 0 saturated heterocycles. The second kappa shape index (κ2) is 5.61. The van der Waals surface area contributed by atoms with Crippen molar-refractivity contribution < 1.29 is 4.92 Å². The molecular formula is C10H11ClN6O2. The van der Waals surface area contributed by atoms with E-state index in [1.54, 1.807) is 10.9 Å². The van der Waals surface area contributed by atoms with E-state index in [-0.39, 0.29) is 16.8 Å². The summed E-state index contributed by atoms with van der Waals surface area (Å²) >= 11 is 5.62. The van der Waals surface area contributed by atoms with E-state index in [1.165, 1.54) is 0 Å². The first-order chi connectivity index (χ1) is 9.06. The van der Waals surface area contributed by atoms with E-state index in [9.17, 15) is 10.1 Å². The van der Waals surface area contributed by atoms with Crippen molar-refractivity contribution in [2.24, 2.45) is 7.05 Å². The highest BCUT2D eigenvalue weighted by molar-refractivity contribution is 6.28. The second-order valence-corrected chi connectivity index (χ2v) is 4.17. The molecule has 0 aromatic carbocycles. The molecule has 0 unspecified atom stereocenters. The number of anilines is 1. The van der Waals surface area contributed by atoms with Gasteiger partial charge in [-0.2, -0.15) is 10.1 Å². The van der Waals surface area contributed by atoms with Gasteiger partial charge in [-0.1, -0.05) is 0 Å². The summed E-state index contributed by atoms with van der Waals surface area (Å²) in [5.41, 5.74) is 0.827. The van der Waals surface area contributed by atoms with Crippen molar-refractivity contribution in [3.63, 3.8) is 0 Å². The first-order valence-electron chi connectivity index (χ1n) is 5.44. The summed E-state index contributed by atoms with van der Waals surface area (Å²) in [5.74, 6) is 0.119. The predicted octanol–water partition coefficient (Wildman–Crippen LogP) is 1.43. The number of nitrogens with one attached hydrogen (secondary N) is 1. The monoisotopic (exact) mass is 282 g/mol. The molecule has 2 heterocycles. The Morgan fingerprint density at radius 1 is 1.53 bits per heavy atom. The normalized spacial score (nSPS) is 10.4. The zero-order valence-corrected chi connectivity index (χ0v) is 10.8. The van der Waals surface area contributed by atoms with Gasteiger partial charge in [-0.05, 0) is 23.6 Å². The Hall–Kier alpha value is -2.22. The maximum Gasteiger partial charge on any atom is 0.329 e. The van der Waals surface area contributed by atoms with Crippen LogP contribution in [0.5, 0.6) is 0 Å². The third kappa shape index (κ3) is 3.38. The highest BCUT2D eigenvalue weighted by Gasteiger charge is 2.16. The molecule has 0 amide bonds. The van der Waals surface area contributed by atoms with Gasteiger partial charge < -0.3 is 5.32 Å². The first-order valence-corrected chi connectivity index (χ1v) is 5.82. The van der Waals surface area contributed by atoms with E-state index in [1.807, 2.05) is 13.2 Å². The Morgan fingerprint density at radius 3 is 2.95 bits per heavy atom. The summed E-state index contributed by atoms with van der Waals surface area (Å²) in [4.78, 5) is 17.6. The van der Waals surface area contributed by atoms with Gasteiger partial charge in [0.2, 0.25) is 11.1 Å². The molecular weight excluding hydrogens is 272 g/mol. The average molecular weight is 283 g/mol. The van der Waals surface area contributed by atoms with E-state index < -0.39 is 4.92 Å². The van der Waals surface area contributed by atoms with Crippen molar-refractivity contribution in [2.75, 3.05) is 11.9 Å². The van der Waals surface area contributed by atoms with Crippen LogP contribution in [0.2, 0.25) is 5.28 Å². The lowest BCUT2D eigenvalue weighted by Gasteiger charge is -2.04. The van der Waals surface area contributed by atoms with Crippen LogP contribution in [0.15, 0.2) is 18.6 Å². The van der Waals surface area contributed by atoms with Crippen LogP contribution >= 0.6 is 11.6 Å². The van der Waals surface area contributed by atoms with Crippen molar-refractivity contribution in [1.29, 1.82) is 0 Å². The number of nitrogens with zero attached hydrogens (tertiary/aromatic N) is 5. The van der Waals surface area contributed by atoms with Crippen molar-refractivity contribution in [2.45, 2.75) is 6.42 Å². The molecule has 2 rings (SSSR count). The fourth-order valence-corrected chi connectivity index (χ4v) is 1.68. The van der Waals surface area contributed by atoms with Crippen LogP contribution in [-0.2, 0) is 13.5 Å². The molecule has 100 valence electrons. The maximum absolute atomic E-state index is 10.8. The Kier molecular flexibility index (Phi) is 3.91. The van der Waals surface area contributed by atoms with Gasteiger partial charge >= 0.3 is 5.69 Å². The molecule has 0 atom stereocenters. The van der Waals surface area contributed by atoms with Gasteiger partial charge in [0.15, 0.2) is 0 Å². The summed E-state index contributed by atoms with van der Waals surface area (Å²) in [6, 6.07) is 0. The summed E-state index contributed by atoms with van der Waals surface area (Å²) in [5, 5.41) is 17.7. The lowest BCUT2D eigenvalue weighted by atomic mass is 10.2. The third-order valence-electron chi connectivity index (χ3n) is 2.40. The Balaban J connectivity index is 2.02. The Labute approximate surface area is 113 Å². The van der Waals surface area contributed by atoms with Gasteiger partial charge in [-0.25, -0.2) is 4.98 Å². The van der Waals surface area contributed by atoms with Crippen molar-refractivity contribution in [1.82, 2.24) is 19.7 Å². The quantitative estimate of drug-likeness (QED) is 0.506. The predicted molar refractivity (Wildman–Crippen MR) is 69.1 cm³/mol. The number of nitro groups is 1. The average Bonchev–Trinajstić information content (AvgIpc) is 2.75. The molecule has 0 spiro atoms. The number of aromatic nitrogens is 4. The number of hydrogen-bond acceptors (Lipinski definition) is 6. The molecule has 9 heteroatoms. The molecule has 0 radical (unpaired) electrons. The molecule has 0 bridgehead atoms. The fraction of sp³-hybridized carbons (Fsp3) is 0.300. The number of aryl methyl sites for hydroxylation is 1. The molecule has 1 N–H and O–H groups in total. The zero-order valence-electron chi connectivity index (χ0n) is 10.1. The SMILES string of the molecule is Cn1cc(CCNc2nc(Cl)ncc2[N+](=O)[O-])cn1. The van der Waals surface area contributed by atoms with Crippen molar-refractivity contribution >= 4 is 23.1 Å². The van der Waals surface area contributed by atoms with Crippen LogP contribution in [0.25, 0.3) is 0 Å². The Morgan fingerprint density at radius 2 is 2.32 bits per heavy atom. The lowest BCUT2D eigenvalue weighted by molar-refractivity contribution is -0.384. The van der Waals surface area contributed by atoms with Crippen LogP contribution in [0.4, 0.5) is 11.5 Å². The first kappa shape index (κ1) is 13.2. The topological polar surface area (TPSA) is 98.8 Å². The highest BCUT2D eigenvalue weighted by Crippen LogP contribution is 2.21. The smallest absolute Gasteiger partial charge is 0.329 e. The van der Waals surface area contributed by atoms with Crippen molar-refractivity contribution in [3.05, 3.63) is 39.6 Å². The summed E-state index contributed by atoms with van der Waals surface area (Å²) in [6.45, 7) is 0.486. The third-order valence-corrected chi connectivity index (χ3v) is 2.58. The van der Waals surface area contributed by atoms with Crippen LogP contribution in [0.3, 0.4) is 0 Å². The second-order valence-electron chi connectivity index (χ2n) is 3.83. The van der Waals surface area contributed by atoms with Crippen LogP contribution in [0.1, 0.15) is 5.56 Å². The largest absolute Gasteiger partial charge is 0.364 e. The molecule has 0 saturated carbocycles. The number of halogens is 1. The minimum Gasteiger partial charge on any atom is -0.364 e. The Bertz CT molecular complexity index is 599. The molecule has 0 aliphatic heterocycles. The minimum absolute atomic E-state index is 0.0329. The van der Waals surface area contributed by atoms with Gasteiger partial charge in [0.05, 0.1) is 11.1 Å². The van der Waals surface area contributed by atoms with Gasteiger partial charge in [0.1, 0.15) is 6.20 Å². The van der Waals surface area contributed by atoms with E-state index in [0.717, 1.165) is 11.8 Å². The molecule has 0 fully saturated rings. The molecule has 8 nitrogen and oxygen atoms in total. The van der Waals surface area contributed by atoms with Gasteiger partial charge in [0, 0.05) is 19.8 Å². The number of hydrogen-bond donors (Lipinski definition) is 1. The van der Waals surface area contributed by atoms with Gasteiger partial charge in [-0.3, -0.25) is 14.8 Å². The van der Waals surface area contributed by atoms with E-state index in [4.69, 9.17) is 11.6 Å². The van der Waals surface area contributed by atoms with Crippen LogP contribution < -0.4 is 5.32 Å². The van der Waals surface area contributed by atoms with Crippen LogP contribution in [-0.4, -0.2) is 31.2 Å². The molecule has 19 heavy (non-hydrogen) atoms. The molecule has 0 aliphatic carbocycles.